The van der Waals surface area contributed by atoms with Gasteiger partial charge in [0.25, 0.3) is 0 Å². The molecule has 0 aromatic carbocycles. The lowest BCUT2D eigenvalue weighted by atomic mass is 9.72. The summed E-state index contributed by atoms with van der Waals surface area (Å²) in [6.45, 7) is 2.74. The molecule has 1 saturated carbocycles. The van der Waals surface area contributed by atoms with Crippen LogP contribution in [0.1, 0.15) is 32.6 Å². The van der Waals surface area contributed by atoms with Gasteiger partial charge in [0.05, 0.1) is 6.61 Å². The van der Waals surface area contributed by atoms with Gasteiger partial charge < -0.3 is 10.1 Å². The third kappa shape index (κ3) is 2.94. The second-order valence-corrected chi connectivity index (χ2v) is 5.07. The topological polar surface area (TPSA) is 38.3 Å². The molecule has 3 nitrogen and oxygen atoms in total. The van der Waals surface area contributed by atoms with E-state index in [1.54, 1.807) is 6.92 Å². The Labute approximate surface area is 99.9 Å². The molecule has 2 rings (SSSR count). The average Bonchev–Trinajstić information content (AvgIpc) is 2.27. The first kappa shape index (κ1) is 12.7. The zero-order valence-electron chi connectivity index (χ0n) is 10.0. The first-order chi connectivity index (χ1) is 8.02. The van der Waals surface area contributed by atoms with E-state index in [4.69, 9.17) is 4.74 Å². The molecule has 1 saturated heterocycles. The zero-order valence-corrected chi connectivity index (χ0v) is 10.0. The van der Waals surface area contributed by atoms with Gasteiger partial charge >= 0.3 is 5.97 Å². The number of carbonyl (C=O) groups excluding carboxylic acids is 1. The van der Waals surface area contributed by atoms with Crippen LogP contribution in [0.4, 0.5) is 8.78 Å². The van der Waals surface area contributed by atoms with Crippen molar-refractivity contribution in [3.63, 3.8) is 0 Å². The fourth-order valence-corrected chi connectivity index (χ4v) is 2.93. The SMILES string of the molecule is CCOC(=O)[C@@H]1C[C@H]2CC(F)(F)CC[C@@H]2CN1. The van der Waals surface area contributed by atoms with Crippen molar-refractivity contribution >= 4 is 5.97 Å². The summed E-state index contributed by atoms with van der Waals surface area (Å²) < 4.78 is 31.6. The average molecular weight is 247 g/mol. The van der Waals surface area contributed by atoms with Gasteiger partial charge in [-0.1, -0.05) is 0 Å². The lowest BCUT2D eigenvalue weighted by Gasteiger charge is -2.41. The van der Waals surface area contributed by atoms with E-state index in [-0.39, 0.29) is 24.7 Å². The normalized spacial score (nSPS) is 36.1. The van der Waals surface area contributed by atoms with Gasteiger partial charge in [-0.15, -0.1) is 0 Å². The van der Waals surface area contributed by atoms with E-state index in [2.05, 4.69) is 5.32 Å². The van der Waals surface area contributed by atoms with Crippen molar-refractivity contribution in [2.24, 2.45) is 11.8 Å². The number of hydrogen-bond donors (Lipinski definition) is 1. The van der Waals surface area contributed by atoms with Gasteiger partial charge in [-0.25, -0.2) is 8.78 Å². The Morgan fingerprint density at radius 2 is 2.24 bits per heavy atom. The minimum Gasteiger partial charge on any atom is -0.465 e. The summed E-state index contributed by atoms with van der Waals surface area (Å²) in [5, 5.41) is 3.11. The molecule has 3 atom stereocenters. The van der Waals surface area contributed by atoms with Crippen molar-refractivity contribution in [2.75, 3.05) is 13.2 Å². The molecule has 0 unspecified atom stereocenters. The maximum Gasteiger partial charge on any atom is 0.323 e. The van der Waals surface area contributed by atoms with Gasteiger partial charge in [0.15, 0.2) is 0 Å². The quantitative estimate of drug-likeness (QED) is 0.758. The molecule has 1 aliphatic carbocycles. The van der Waals surface area contributed by atoms with Crippen LogP contribution in [0.25, 0.3) is 0 Å². The molecule has 5 heteroatoms. The Morgan fingerprint density at radius 3 is 2.94 bits per heavy atom. The van der Waals surface area contributed by atoms with E-state index in [1.165, 1.54) is 0 Å². The van der Waals surface area contributed by atoms with Gasteiger partial charge in [0, 0.05) is 12.8 Å². The van der Waals surface area contributed by atoms with Crippen molar-refractivity contribution in [3.05, 3.63) is 0 Å². The van der Waals surface area contributed by atoms with Crippen molar-refractivity contribution in [2.45, 2.75) is 44.6 Å². The Bertz CT molecular complexity index is 296. The number of carbonyl (C=O) groups is 1. The summed E-state index contributed by atoms with van der Waals surface area (Å²) in [6.07, 6.45) is 0.953. The number of piperidine rings is 1. The summed E-state index contributed by atoms with van der Waals surface area (Å²) >= 11 is 0. The predicted octanol–water partition coefficient (Wildman–Crippen LogP) is 1.96. The van der Waals surface area contributed by atoms with Crippen molar-refractivity contribution < 1.29 is 18.3 Å². The number of nitrogens with one attached hydrogen (secondary N) is 1. The number of ether oxygens (including phenoxy) is 1. The highest BCUT2D eigenvalue weighted by Gasteiger charge is 2.45. The molecule has 0 aromatic heterocycles. The lowest BCUT2D eigenvalue weighted by molar-refractivity contribution is -0.149. The van der Waals surface area contributed by atoms with E-state index >= 15 is 0 Å². The van der Waals surface area contributed by atoms with Crippen LogP contribution in [0.3, 0.4) is 0 Å². The molecule has 17 heavy (non-hydrogen) atoms. The Kier molecular flexibility index (Phi) is 3.66. The van der Waals surface area contributed by atoms with Gasteiger partial charge in [-0.2, -0.15) is 0 Å². The molecule has 2 aliphatic rings. The molecule has 0 bridgehead atoms. The number of rotatable bonds is 2. The van der Waals surface area contributed by atoms with Gasteiger partial charge in [0.2, 0.25) is 5.92 Å². The first-order valence-corrected chi connectivity index (χ1v) is 6.29. The Balaban J connectivity index is 1.94. The summed E-state index contributed by atoms with van der Waals surface area (Å²) in [7, 11) is 0. The van der Waals surface area contributed by atoms with Gasteiger partial charge in [0.1, 0.15) is 6.04 Å². The number of fused-ring (bicyclic) bond motifs is 1. The maximum atomic E-state index is 13.3. The van der Waals surface area contributed by atoms with Crippen LogP contribution >= 0.6 is 0 Å². The summed E-state index contributed by atoms with van der Waals surface area (Å²) in [6, 6.07) is -0.398. The highest BCUT2D eigenvalue weighted by Crippen LogP contribution is 2.43. The Hall–Kier alpha value is -0.710. The molecule has 1 heterocycles. The second kappa shape index (κ2) is 4.88. The summed E-state index contributed by atoms with van der Waals surface area (Å²) in [4.78, 5) is 11.6. The fourth-order valence-electron chi connectivity index (χ4n) is 2.93. The molecule has 0 spiro atoms. The van der Waals surface area contributed by atoms with Crippen molar-refractivity contribution in [1.82, 2.24) is 5.32 Å². The Morgan fingerprint density at radius 1 is 1.47 bits per heavy atom. The highest BCUT2D eigenvalue weighted by molar-refractivity contribution is 5.75. The van der Waals surface area contributed by atoms with Gasteiger partial charge in [-0.3, -0.25) is 4.79 Å². The van der Waals surface area contributed by atoms with Crippen LogP contribution in [-0.2, 0) is 9.53 Å². The van der Waals surface area contributed by atoms with Crippen molar-refractivity contribution in [3.8, 4) is 0 Å². The molecular weight excluding hydrogens is 228 g/mol. The van der Waals surface area contributed by atoms with Crippen LogP contribution in [0.5, 0.6) is 0 Å². The standard InChI is InChI=1S/C12H19F2NO2/c1-2-17-11(16)10-5-9-6-12(13,14)4-3-8(9)7-15-10/h8-10,15H,2-7H2,1H3/t8-,9+,10+/m1/s1. The summed E-state index contributed by atoms with van der Waals surface area (Å²) in [5.41, 5.74) is 0. The number of alkyl halides is 2. The van der Waals surface area contributed by atoms with Crippen LogP contribution in [-0.4, -0.2) is 31.1 Å². The third-order valence-corrected chi connectivity index (χ3v) is 3.84. The van der Waals surface area contributed by atoms with Crippen molar-refractivity contribution in [1.29, 1.82) is 0 Å². The molecule has 1 aliphatic heterocycles. The van der Waals surface area contributed by atoms with Crippen LogP contribution in [0, 0.1) is 11.8 Å². The first-order valence-electron chi connectivity index (χ1n) is 6.29. The molecule has 0 aromatic rings. The maximum absolute atomic E-state index is 13.3. The zero-order chi connectivity index (χ0) is 12.5. The predicted molar refractivity (Wildman–Crippen MR) is 58.8 cm³/mol. The third-order valence-electron chi connectivity index (χ3n) is 3.84. The molecule has 0 amide bonds. The number of esters is 1. The fraction of sp³-hybridized carbons (Fsp3) is 0.917. The highest BCUT2D eigenvalue weighted by atomic mass is 19.3. The molecular formula is C12H19F2NO2. The minimum atomic E-state index is -2.54. The molecule has 98 valence electrons. The monoisotopic (exact) mass is 247 g/mol. The van der Waals surface area contributed by atoms with Gasteiger partial charge in [-0.05, 0) is 38.1 Å². The lowest BCUT2D eigenvalue weighted by Crippen LogP contribution is -2.51. The van der Waals surface area contributed by atoms with Crippen LogP contribution in [0.2, 0.25) is 0 Å². The van der Waals surface area contributed by atoms with Crippen LogP contribution in [0.15, 0.2) is 0 Å². The number of hydrogen-bond acceptors (Lipinski definition) is 3. The number of halogens is 2. The second-order valence-electron chi connectivity index (χ2n) is 5.07. The van der Waals surface area contributed by atoms with E-state index in [1.807, 2.05) is 0 Å². The smallest absolute Gasteiger partial charge is 0.323 e. The van der Waals surface area contributed by atoms with E-state index < -0.39 is 12.0 Å². The molecule has 0 radical (unpaired) electrons. The largest absolute Gasteiger partial charge is 0.465 e. The minimum absolute atomic E-state index is 0.0140. The van der Waals surface area contributed by atoms with Crippen LogP contribution < -0.4 is 5.32 Å². The van der Waals surface area contributed by atoms with E-state index in [0.717, 1.165) is 0 Å². The molecule has 2 fully saturated rings. The molecule has 1 N–H and O–H groups in total. The summed E-state index contributed by atoms with van der Waals surface area (Å²) in [5.74, 6) is -2.60. The van der Waals surface area contributed by atoms with E-state index in [0.29, 0.717) is 31.9 Å². The van der Waals surface area contributed by atoms with E-state index in [9.17, 15) is 13.6 Å².